The van der Waals surface area contributed by atoms with Crippen molar-refractivity contribution in [1.82, 2.24) is 10.3 Å². The van der Waals surface area contributed by atoms with Crippen LogP contribution in [0.1, 0.15) is 24.8 Å². The number of aromatic nitrogens is 1. The molecule has 4 nitrogen and oxygen atoms in total. The lowest BCUT2D eigenvalue weighted by molar-refractivity contribution is -0.126. The van der Waals surface area contributed by atoms with Gasteiger partial charge in [-0.1, -0.05) is 29.3 Å². The van der Waals surface area contributed by atoms with Crippen molar-refractivity contribution in [2.75, 3.05) is 6.61 Å². The van der Waals surface area contributed by atoms with Crippen LogP contribution in [-0.4, -0.2) is 23.0 Å². The van der Waals surface area contributed by atoms with Crippen molar-refractivity contribution in [2.45, 2.75) is 31.2 Å². The monoisotopic (exact) mass is 382 g/mol. The van der Waals surface area contributed by atoms with E-state index in [1.54, 1.807) is 12.1 Å². The van der Waals surface area contributed by atoms with Gasteiger partial charge in [0.1, 0.15) is 5.82 Å². The van der Waals surface area contributed by atoms with Crippen molar-refractivity contribution < 1.29 is 13.9 Å². The zero-order valence-corrected chi connectivity index (χ0v) is 14.9. The third-order valence-electron chi connectivity index (χ3n) is 4.31. The summed E-state index contributed by atoms with van der Waals surface area (Å²) < 4.78 is 18.1. The van der Waals surface area contributed by atoms with Crippen molar-refractivity contribution >= 4 is 29.1 Å². The molecule has 0 unspecified atom stereocenters. The van der Waals surface area contributed by atoms with E-state index in [2.05, 4.69) is 10.3 Å². The lowest BCUT2D eigenvalue weighted by Gasteiger charge is -2.43. The molecule has 0 atom stereocenters. The molecule has 1 aliphatic carbocycles. The first-order valence-corrected chi connectivity index (χ1v) is 8.71. The number of nitrogens with one attached hydrogen (secondary N) is 1. The number of benzene rings is 1. The summed E-state index contributed by atoms with van der Waals surface area (Å²) in [4.78, 5) is 16.0. The van der Waals surface area contributed by atoms with E-state index in [9.17, 15) is 9.18 Å². The summed E-state index contributed by atoms with van der Waals surface area (Å²) in [7, 11) is 0. The molecule has 0 aliphatic heterocycles. The topological polar surface area (TPSA) is 51.2 Å². The number of carbonyl (C=O) groups excluding carboxylic acids is 1. The van der Waals surface area contributed by atoms with Crippen LogP contribution in [0.2, 0.25) is 10.0 Å². The smallest absolute Gasteiger partial charge is 0.258 e. The average Bonchev–Trinajstić information content (AvgIpc) is 2.54. The Kier molecular flexibility index (Phi) is 5.45. The first kappa shape index (κ1) is 18.0. The molecule has 1 N–H and O–H groups in total. The van der Waals surface area contributed by atoms with Gasteiger partial charge in [0.05, 0.1) is 6.20 Å². The highest BCUT2D eigenvalue weighted by Crippen LogP contribution is 2.37. The number of amides is 1. The number of nitrogens with zero attached hydrogens (tertiary/aromatic N) is 1. The molecule has 1 aromatic heterocycles. The van der Waals surface area contributed by atoms with Crippen molar-refractivity contribution in [3.63, 3.8) is 0 Å². The normalized spacial score (nSPS) is 15.3. The van der Waals surface area contributed by atoms with Gasteiger partial charge in [0.2, 0.25) is 5.88 Å². The lowest BCUT2D eigenvalue weighted by atomic mass is 9.72. The molecule has 1 saturated carbocycles. The van der Waals surface area contributed by atoms with E-state index in [0.717, 1.165) is 31.0 Å². The molecule has 7 heteroatoms. The molecule has 2 aromatic rings. The zero-order valence-electron chi connectivity index (χ0n) is 13.4. The van der Waals surface area contributed by atoms with Crippen LogP contribution in [0.3, 0.4) is 0 Å². The zero-order chi connectivity index (χ0) is 17.9. The molecule has 25 heavy (non-hydrogen) atoms. The highest BCUT2D eigenvalue weighted by molar-refractivity contribution is 6.35. The maximum atomic E-state index is 12.8. The highest BCUT2D eigenvalue weighted by Gasteiger charge is 2.38. The molecule has 3 rings (SSSR count). The molecule has 0 saturated heterocycles. The molecule has 1 fully saturated rings. The van der Waals surface area contributed by atoms with Gasteiger partial charge in [-0.2, -0.15) is 0 Å². The summed E-state index contributed by atoms with van der Waals surface area (Å²) in [6, 6.07) is 8.00. The average molecular weight is 383 g/mol. The number of halogens is 3. The number of pyridine rings is 1. The summed E-state index contributed by atoms with van der Waals surface area (Å²) >= 11 is 12.2. The molecule has 1 heterocycles. The van der Waals surface area contributed by atoms with E-state index < -0.39 is 5.82 Å². The molecule has 1 aromatic carbocycles. The Hall–Kier alpha value is -1.85. The van der Waals surface area contributed by atoms with E-state index in [1.807, 2.05) is 6.07 Å². The molecule has 1 amide bonds. The van der Waals surface area contributed by atoms with Crippen LogP contribution in [0.5, 0.6) is 5.88 Å². The number of rotatable bonds is 6. The maximum absolute atomic E-state index is 12.8. The van der Waals surface area contributed by atoms with E-state index >= 15 is 0 Å². The second kappa shape index (κ2) is 7.58. The van der Waals surface area contributed by atoms with Gasteiger partial charge in [0.25, 0.3) is 5.91 Å². The van der Waals surface area contributed by atoms with Gasteiger partial charge < -0.3 is 10.1 Å². The molecule has 0 spiro atoms. The van der Waals surface area contributed by atoms with Gasteiger partial charge in [-0.3, -0.25) is 4.79 Å². The Morgan fingerprint density at radius 3 is 2.68 bits per heavy atom. The van der Waals surface area contributed by atoms with Crippen LogP contribution in [-0.2, 0) is 11.2 Å². The fourth-order valence-electron chi connectivity index (χ4n) is 2.90. The van der Waals surface area contributed by atoms with E-state index in [-0.39, 0.29) is 23.9 Å². The van der Waals surface area contributed by atoms with Crippen LogP contribution in [0.25, 0.3) is 0 Å². The van der Waals surface area contributed by atoms with Crippen LogP contribution < -0.4 is 10.1 Å². The molecule has 1 aliphatic rings. The summed E-state index contributed by atoms with van der Waals surface area (Å²) in [5, 5.41) is 4.23. The summed E-state index contributed by atoms with van der Waals surface area (Å²) in [5.74, 6) is -0.485. The standard InChI is InChI=1S/C18H17Cl2FN2O2/c19-13-3-2-12(15(20)8-13)9-18(6-1-7-18)23-16(24)11-25-17-5-4-14(21)10-22-17/h2-5,8,10H,1,6-7,9,11H2,(H,23,24). The van der Waals surface area contributed by atoms with Crippen molar-refractivity contribution in [3.8, 4) is 5.88 Å². The molecular formula is C18H17Cl2FN2O2. The number of hydrogen-bond acceptors (Lipinski definition) is 3. The Morgan fingerprint density at radius 2 is 2.08 bits per heavy atom. The van der Waals surface area contributed by atoms with Gasteiger partial charge in [-0.15, -0.1) is 0 Å². The quantitative estimate of drug-likeness (QED) is 0.814. The SMILES string of the molecule is O=C(COc1ccc(F)cn1)NC1(Cc2ccc(Cl)cc2Cl)CCC1. The second-order valence-electron chi connectivity index (χ2n) is 6.20. The van der Waals surface area contributed by atoms with Crippen molar-refractivity contribution in [2.24, 2.45) is 0 Å². The second-order valence-corrected chi connectivity index (χ2v) is 7.04. The Bertz CT molecular complexity index is 764. The van der Waals surface area contributed by atoms with Gasteiger partial charge in [-0.05, 0) is 49.4 Å². The predicted octanol–water partition coefficient (Wildman–Crippen LogP) is 4.19. The lowest BCUT2D eigenvalue weighted by Crippen LogP contribution is -2.56. The first-order chi connectivity index (χ1) is 12.0. The number of hydrogen-bond donors (Lipinski definition) is 1. The predicted molar refractivity (Wildman–Crippen MR) is 94.6 cm³/mol. The van der Waals surface area contributed by atoms with Crippen LogP contribution in [0, 0.1) is 5.82 Å². The van der Waals surface area contributed by atoms with Crippen molar-refractivity contribution in [3.05, 3.63) is 58.0 Å². The fraction of sp³-hybridized carbons (Fsp3) is 0.333. The van der Waals surface area contributed by atoms with Crippen LogP contribution >= 0.6 is 23.2 Å². The molecular weight excluding hydrogens is 366 g/mol. The third kappa shape index (κ3) is 4.61. The fourth-order valence-corrected chi connectivity index (χ4v) is 3.37. The largest absolute Gasteiger partial charge is 0.468 e. The summed E-state index contributed by atoms with van der Waals surface area (Å²) in [6.07, 6.45) is 4.50. The van der Waals surface area contributed by atoms with E-state index in [1.165, 1.54) is 12.1 Å². The van der Waals surface area contributed by atoms with Gasteiger partial charge in [-0.25, -0.2) is 9.37 Å². The van der Waals surface area contributed by atoms with Gasteiger partial charge in [0.15, 0.2) is 6.61 Å². The minimum absolute atomic E-state index is 0.172. The third-order valence-corrected chi connectivity index (χ3v) is 4.90. The van der Waals surface area contributed by atoms with Crippen LogP contribution in [0.15, 0.2) is 36.5 Å². The molecule has 0 radical (unpaired) electrons. The van der Waals surface area contributed by atoms with Crippen LogP contribution in [0.4, 0.5) is 4.39 Å². The summed E-state index contributed by atoms with van der Waals surface area (Å²) in [5.41, 5.74) is 0.640. The van der Waals surface area contributed by atoms with E-state index in [4.69, 9.17) is 27.9 Å². The Morgan fingerprint density at radius 1 is 1.28 bits per heavy atom. The first-order valence-electron chi connectivity index (χ1n) is 7.95. The highest BCUT2D eigenvalue weighted by atomic mass is 35.5. The van der Waals surface area contributed by atoms with Gasteiger partial charge in [0, 0.05) is 21.7 Å². The van der Waals surface area contributed by atoms with Gasteiger partial charge >= 0.3 is 0 Å². The number of ether oxygens (including phenoxy) is 1. The summed E-state index contributed by atoms with van der Waals surface area (Å²) in [6.45, 7) is -0.172. The Labute approximate surface area is 155 Å². The number of carbonyl (C=O) groups is 1. The van der Waals surface area contributed by atoms with E-state index in [0.29, 0.717) is 16.5 Å². The minimum Gasteiger partial charge on any atom is -0.468 e. The Balaban J connectivity index is 1.59. The molecule has 0 bridgehead atoms. The van der Waals surface area contributed by atoms with Crippen molar-refractivity contribution in [1.29, 1.82) is 0 Å². The maximum Gasteiger partial charge on any atom is 0.258 e. The molecule has 132 valence electrons. The minimum atomic E-state index is -0.454.